The topological polar surface area (TPSA) is 96.9 Å². The quantitative estimate of drug-likeness (QED) is 0.123. The molecule has 0 heterocycles. The van der Waals surface area contributed by atoms with Gasteiger partial charge >= 0.3 is 17.8 Å². The normalized spacial score (nSPS) is 10.8. The van der Waals surface area contributed by atoms with Gasteiger partial charge in [0.05, 0.1) is 16.8 Å². The minimum absolute atomic E-state index is 0.215. The molecule has 0 fully saturated rings. The first kappa shape index (κ1) is 24.6. The van der Waals surface area contributed by atoms with Crippen molar-refractivity contribution in [2.75, 3.05) is 5.32 Å². The van der Waals surface area contributed by atoms with Gasteiger partial charge in [-0.2, -0.15) is 5.10 Å². The van der Waals surface area contributed by atoms with E-state index in [0.717, 1.165) is 22.8 Å². The maximum absolute atomic E-state index is 12.7. The molecule has 0 atom stereocenters. The molecule has 0 saturated heterocycles. The van der Waals surface area contributed by atoms with E-state index in [1.54, 1.807) is 48.5 Å². The average molecular weight is 500 g/mol. The lowest BCUT2D eigenvalue weighted by Crippen LogP contribution is -2.32. The minimum atomic E-state index is -0.944. The maximum atomic E-state index is 12.7. The minimum Gasteiger partial charge on any atom is -0.422 e. The third-order valence-electron chi connectivity index (χ3n) is 5.41. The molecule has 4 aromatic carbocycles. The summed E-state index contributed by atoms with van der Waals surface area (Å²) in [4.78, 5) is 37.3. The highest BCUT2D eigenvalue weighted by Crippen LogP contribution is 2.28. The molecule has 0 radical (unpaired) electrons. The number of fused-ring (bicyclic) bond motifs is 1. The third kappa shape index (κ3) is 5.76. The molecule has 7 nitrogen and oxygen atoms in total. The van der Waals surface area contributed by atoms with Gasteiger partial charge in [0.25, 0.3) is 0 Å². The Morgan fingerprint density at radius 2 is 1.61 bits per heavy atom. The molecule has 36 heavy (non-hydrogen) atoms. The number of nitrogens with zero attached hydrogens (tertiary/aromatic N) is 1. The van der Waals surface area contributed by atoms with Crippen molar-refractivity contribution in [3.05, 3.63) is 107 Å². The first-order chi connectivity index (χ1) is 17.5. The summed E-state index contributed by atoms with van der Waals surface area (Å²) >= 11 is 6.13. The fraction of sp³-hybridized carbons (Fsp3) is 0.0714. The van der Waals surface area contributed by atoms with Crippen molar-refractivity contribution in [2.45, 2.75) is 13.3 Å². The Hall–Kier alpha value is -4.49. The SMILES string of the molecule is CCc1ccc(NC(=O)C(=O)N/N=C\c2c(OC(=O)c3ccccc3Cl)ccc3ccccc23)cc1. The summed E-state index contributed by atoms with van der Waals surface area (Å²) in [5.41, 5.74) is 4.49. The molecule has 4 rings (SSSR count). The summed E-state index contributed by atoms with van der Waals surface area (Å²) in [6.07, 6.45) is 2.20. The second-order valence-electron chi connectivity index (χ2n) is 7.77. The number of anilines is 1. The highest BCUT2D eigenvalue weighted by Gasteiger charge is 2.16. The van der Waals surface area contributed by atoms with Crippen molar-refractivity contribution in [3.8, 4) is 5.75 Å². The number of aryl methyl sites for hydroxylation is 1. The van der Waals surface area contributed by atoms with Gasteiger partial charge in [-0.3, -0.25) is 9.59 Å². The second kappa shape index (κ2) is 11.3. The van der Waals surface area contributed by atoms with Crippen LogP contribution in [0.1, 0.15) is 28.4 Å². The molecular weight excluding hydrogens is 478 g/mol. The highest BCUT2D eigenvalue weighted by molar-refractivity contribution is 6.39. The van der Waals surface area contributed by atoms with Crippen molar-refractivity contribution in [1.82, 2.24) is 5.43 Å². The highest BCUT2D eigenvalue weighted by atomic mass is 35.5. The Labute approximate surface area is 212 Å². The van der Waals surface area contributed by atoms with Crippen LogP contribution in [-0.4, -0.2) is 24.0 Å². The van der Waals surface area contributed by atoms with E-state index in [2.05, 4.69) is 15.8 Å². The summed E-state index contributed by atoms with van der Waals surface area (Å²) in [5.74, 6) is -2.22. The number of carbonyl (C=O) groups excluding carboxylic acids is 3. The van der Waals surface area contributed by atoms with Crippen LogP contribution in [-0.2, 0) is 16.0 Å². The van der Waals surface area contributed by atoms with Gasteiger partial charge in [-0.15, -0.1) is 0 Å². The van der Waals surface area contributed by atoms with E-state index in [0.29, 0.717) is 11.3 Å². The largest absolute Gasteiger partial charge is 0.422 e. The van der Waals surface area contributed by atoms with Crippen LogP contribution in [0.4, 0.5) is 5.69 Å². The van der Waals surface area contributed by atoms with Crippen LogP contribution < -0.4 is 15.5 Å². The van der Waals surface area contributed by atoms with Crippen molar-refractivity contribution in [1.29, 1.82) is 0 Å². The van der Waals surface area contributed by atoms with E-state index >= 15 is 0 Å². The van der Waals surface area contributed by atoms with Gasteiger partial charge in [-0.25, -0.2) is 10.2 Å². The van der Waals surface area contributed by atoms with Crippen molar-refractivity contribution >= 4 is 52.1 Å². The molecule has 0 bridgehead atoms. The number of rotatable bonds is 6. The van der Waals surface area contributed by atoms with Gasteiger partial charge in [0.2, 0.25) is 0 Å². The van der Waals surface area contributed by atoms with Crippen LogP contribution in [0.25, 0.3) is 10.8 Å². The standard InChI is InChI=1S/C28H22ClN3O4/c1-2-18-11-14-20(15-12-18)31-26(33)27(34)32-30-17-23-21-8-4-3-7-19(21)13-16-25(23)36-28(35)22-9-5-6-10-24(22)29/h3-17H,2H2,1H3,(H,31,33)(H,32,34)/b30-17-. The smallest absolute Gasteiger partial charge is 0.345 e. The van der Waals surface area contributed by atoms with E-state index in [-0.39, 0.29) is 16.3 Å². The number of benzene rings is 4. The predicted molar refractivity (Wildman–Crippen MR) is 141 cm³/mol. The molecule has 0 unspecified atom stereocenters. The number of ether oxygens (including phenoxy) is 1. The molecule has 0 aromatic heterocycles. The van der Waals surface area contributed by atoms with Crippen LogP contribution in [0.15, 0.2) is 90.0 Å². The molecule has 0 aliphatic heterocycles. The number of amides is 2. The van der Waals surface area contributed by atoms with Crippen LogP contribution >= 0.6 is 11.6 Å². The molecule has 0 aliphatic carbocycles. The van der Waals surface area contributed by atoms with Gasteiger partial charge in [-0.1, -0.05) is 73.1 Å². The fourth-order valence-corrected chi connectivity index (χ4v) is 3.71. The first-order valence-corrected chi connectivity index (χ1v) is 11.6. The number of hydrogen-bond donors (Lipinski definition) is 2. The molecule has 8 heteroatoms. The van der Waals surface area contributed by atoms with Gasteiger partial charge in [0.1, 0.15) is 5.75 Å². The van der Waals surface area contributed by atoms with E-state index in [4.69, 9.17) is 16.3 Å². The van der Waals surface area contributed by atoms with Gasteiger partial charge in [0, 0.05) is 11.3 Å². The lowest BCUT2D eigenvalue weighted by Gasteiger charge is -2.11. The molecule has 2 amide bonds. The monoisotopic (exact) mass is 499 g/mol. The van der Waals surface area contributed by atoms with Gasteiger partial charge < -0.3 is 10.1 Å². The average Bonchev–Trinajstić information content (AvgIpc) is 2.90. The summed E-state index contributed by atoms with van der Waals surface area (Å²) in [7, 11) is 0. The number of carbonyl (C=O) groups is 3. The molecule has 0 aliphatic rings. The number of esters is 1. The fourth-order valence-electron chi connectivity index (χ4n) is 3.50. The Morgan fingerprint density at radius 1 is 0.889 bits per heavy atom. The van der Waals surface area contributed by atoms with Gasteiger partial charge in [-0.05, 0) is 53.1 Å². The first-order valence-electron chi connectivity index (χ1n) is 11.2. The Balaban J connectivity index is 1.52. The number of halogens is 1. The third-order valence-corrected chi connectivity index (χ3v) is 5.74. The molecular formula is C28H22ClN3O4. The molecule has 180 valence electrons. The van der Waals surface area contributed by atoms with Crippen LogP contribution in [0.3, 0.4) is 0 Å². The summed E-state index contributed by atoms with van der Waals surface area (Å²) in [6, 6.07) is 24.6. The molecule has 0 spiro atoms. The Kier molecular flexibility index (Phi) is 7.72. The summed E-state index contributed by atoms with van der Waals surface area (Å²) < 4.78 is 5.62. The van der Waals surface area contributed by atoms with E-state index < -0.39 is 17.8 Å². The number of hydrazone groups is 1. The molecule has 2 N–H and O–H groups in total. The van der Waals surface area contributed by atoms with Crippen molar-refractivity contribution in [2.24, 2.45) is 5.10 Å². The zero-order valence-corrected chi connectivity index (χ0v) is 20.1. The van der Waals surface area contributed by atoms with Gasteiger partial charge in [0.15, 0.2) is 0 Å². The Bertz CT molecular complexity index is 1470. The lowest BCUT2D eigenvalue weighted by atomic mass is 10.0. The van der Waals surface area contributed by atoms with E-state index in [1.165, 1.54) is 6.21 Å². The number of nitrogens with one attached hydrogen (secondary N) is 2. The maximum Gasteiger partial charge on any atom is 0.345 e. The molecule has 4 aromatic rings. The summed E-state index contributed by atoms with van der Waals surface area (Å²) in [6.45, 7) is 2.03. The Morgan fingerprint density at radius 3 is 2.36 bits per heavy atom. The van der Waals surface area contributed by atoms with Crippen LogP contribution in [0.2, 0.25) is 5.02 Å². The zero-order valence-electron chi connectivity index (χ0n) is 19.3. The predicted octanol–water partition coefficient (Wildman–Crippen LogP) is 5.36. The number of hydrogen-bond acceptors (Lipinski definition) is 5. The van der Waals surface area contributed by atoms with Crippen LogP contribution in [0.5, 0.6) is 5.75 Å². The van der Waals surface area contributed by atoms with Crippen LogP contribution in [0, 0.1) is 0 Å². The lowest BCUT2D eigenvalue weighted by molar-refractivity contribution is -0.136. The van der Waals surface area contributed by atoms with Crippen molar-refractivity contribution < 1.29 is 19.1 Å². The van der Waals surface area contributed by atoms with E-state index in [1.807, 2.05) is 43.3 Å². The second-order valence-corrected chi connectivity index (χ2v) is 8.18. The molecule has 0 saturated carbocycles. The summed E-state index contributed by atoms with van der Waals surface area (Å²) in [5, 5.41) is 8.34. The van der Waals surface area contributed by atoms with E-state index in [9.17, 15) is 14.4 Å². The van der Waals surface area contributed by atoms with Crippen molar-refractivity contribution in [3.63, 3.8) is 0 Å². The zero-order chi connectivity index (χ0) is 25.5.